The van der Waals surface area contributed by atoms with Crippen molar-refractivity contribution in [1.82, 2.24) is 19.6 Å². The molecule has 0 saturated carbocycles. The number of allylic oxidation sites excluding steroid dienone is 6. The van der Waals surface area contributed by atoms with Crippen molar-refractivity contribution in [1.29, 1.82) is 0 Å². The number of carbonyl (C=O) groups is 2. The molecule has 0 aromatic rings. The molecule has 4 aliphatic heterocycles. The number of hydrogen-bond acceptors (Lipinski definition) is 6. The monoisotopic (exact) mass is 536 g/mol. The highest BCUT2D eigenvalue weighted by atomic mass is 35.5. The molecule has 0 aliphatic carbocycles. The molecule has 4 rings (SSSR count). The van der Waals surface area contributed by atoms with Gasteiger partial charge in [0.05, 0.1) is 50.6 Å². The zero-order valence-electron chi connectivity index (χ0n) is 21.2. The van der Waals surface area contributed by atoms with Gasteiger partial charge in [0.25, 0.3) is 0 Å². The van der Waals surface area contributed by atoms with Crippen molar-refractivity contribution in [3.8, 4) is 0 Å². The lowest BCUT2D eigenvalue weighted by atomic mass is 10.0. The van der Waals surface area contributed by atoms with Crippen molar-refractivity contribution in [3.05, 3.63) is 58.2 Å². The summed E-state index contributed by atoms with van der Waals surface area (Å²) in [6, 6.07) is 0.110. The van der Waals surface area contributed by atoms with Gasteiger partial charge in [0.2, 0.25) is 11.8 Å². The van der Waals surface area contributed by atoms with E-state index in [0.29, 0.717) is 36.7 Å². The van der Waals surface area contributed by atoms with E-state index in [1.807, 2.05) is 74.2 Å². The molecule has 4 heterocycles. The lowest BCUT2D eigenvalue weighted by molar-refractivity contribution is -0.145. The van der Waals surface area contributed by atoms with Crippen molar-refractivity contribution in [3.63, 3.8) is 0 Å². The van der Waals surface area contributed by atoms with Gasteiger partial charge in [0.15, 0.2) is 0 Å². The average molecular weight is 537 g/mol. The predicted molar refractivity (Wildman–Crippen MR) is 140 cm³/mol. The van der Waals surface area contributed by atoms with E-state index in [9.17, 15) is 9.59 Å². The van der Waals surface area contributed by atoms with E-state index in [4.69, 9.17) is 32.7 Å². The minimum Gasteiger partial charge on any atom is -0.377 e. The molecular weight excluding hydrogens is 503 g/mol. The average Bonchev–Trinajstić information content (AvgIpc) is 2.81. The van der Waals surface area contributed by atoms with Crippen LogP contribution in [0.4, 0.5) is 0 Å². The van der Waals surface area contributed by atoms with Gasteiger partial charge >= 0.3 is 0 Å². The molecule has 2 saturated heterocycles. The van der Waals surface area contributed by atoms with E-state index in [-0.39, 0.29) is 49.1 Å². The molecule has 0 aromatic heterocycles. The zero-order chi connectivity index (χ0) is 26.0. The second-order valence-corrected chi connectivity index (χ2v) is 10.6. The molecule has 0 radical (unpaired) electrons. The Morgan fingerprint density at radius 2 is 1.06 bits per heavy atom. The van der Waals surface area contributed by atoms with E-state index in [1.165, 1.54) is 0 Å². The van der Waals surface area contributed by atoms with Gasteiger partial charge in [-0.15, -0.1) is 0 Å². The Bertz CT molecular complexity index is 937. The number of ether oxygens (including phenoxy) is 2. The first kappa shape index (κ1) is 26.8. The quantitative estimate of drug-likeness (QED) is 0.513. The molecule has 36 heavy (non-hydrogen) atoms. The number of hydrogen-bond donors (Lipinski definition) is 0. The van der Waals surface area contributed by atoms with Crippen LogP contribution in [0.2, 0.25) is 0 Å². The summed E-state index contributed by atoms with van der Waals surface area (Å²) in [5, 5.41) is 0.903. The van der Waals surface area contributed by atoms with Gasteiger partial charge in [0, 0.05) is 12.4 Å². The molecule has 196 valence electrons. The van der Waals surface area contributed by atoms with Crippen LogP contribution in [0.3, 0.4) is 0 Å². The number of nitrogens with zero attached hydrogens (tertiary/aromatic N) is 4. The van der Waals surface area contributed by atoms with Crippen molar-refractivity contribution >= 4 is 35.0 Å². The van der Waals surface area contributed by atoms with Crippen LogP contribution >= 0.6 is 23.2 Å². The van der Waals surface area contributed by atoms with Gasteiger partial charge in [0.1, 0.15) is 23.4 Å². The van der Waals surface area contributed by atoms with Gasteiger partial charge in [-0.25, -0.2) is 0 Å². The third-order valence-electron chi connectivity index (χ3n) is 6.82. The first-order valence-electron chi connectivity index (χ1n) is 12.3. The second kappa shape index (κ2) is 11.4. The summed E-state index contributed by atoms with van der Waals surface area (Å²) in [5.41, 5.74) is 1.74. The normalized spacial score (nSPS) is 30.9. The highest BCUT2D eigenvalue weighted by Gasteiger charge is 2.32. The maximum Gasteiger partial charge on any atom is 0.243 e. The largest absolute Gasteiger partial charge is 0.377 e. The Balaban J connectivity index is 1.40. The van der Waals surface area contributed by atoms with Crippen LogP contribution in [-0.2, 0) is 19.1 Å². The van der Waals surface area contributed by atoms with Gasteiger partial charge < -0.3 is 29.1 Å². The molecule has 4 atom stereocenters. The second-order valence-electron chi connectivity index (χ2n) is 9.81. The first-order valence-corrected chi connectivity index (χ1v) is 13.1. The number of amides is 2. The van der Waals surface area contributed by atoms with Crippen molar-refractivity contribution in [2.75, 3.05) is 39.5 Å². The van der Waals surface area contributed by atoms with E-state index in [0.717, 1.165) is 11.1 Å². The number of morpholine rings is 2. The van der Waals surface area contributed by atoms with E-state index in [2.05, 4.69) is 0 Å². The van der Waals surface area contributed by atoms with Crippen molar-refractivity contribution in [2.45, 2.75) is 51.9 Å². The van der Waals surface area contributed by atoms with Crippen molar-refractivity contribution in [2.24, 2.45) is 0 Å². The van der Waals surface area contributed by atoms with Crippen LogP contribution in [0.15, 0.2) is 58.2 Å². The molecule has 4 aliphatic rings. The SMILES string of the molecule is CC1COCC(C)N1C(=O)CN1C=CC(=C2C=CN(CC(=O)N3C(C)COCC3C)C(Cl)=C2)C=C1Cl. The Morgan fingerprint density at radius 1 is 0.722 bits per heavy atom. The Morgan fingerprint density at radius 3 is 1.36 bits per heavy atom. The molecule has 2 amide bonds. The standard InChI is InChI=1S/C26H34Cl2N4O4/c1-17-13-35-14-18(2)31(17)25(33)11-29-7-5-21(9-23(29)27)22-6-8-30(24(28)10-22)12-26(34)32-19(3)15-36-16-20(32)4/h5-10,17-20H,11-16H2,1-4H3. The Labute approximate surface area is 223 Å². The fourth-order valence-electron chi connectivity index (χ4n) is 5.06. The molecule has 0 bridgehead atoms. The highest BCUT2D eigenvalue weighted by Crippen LogP contribution is 2.28. The molecule has 2 fully saturated rings. The third kappa shape index (κ3) is 5.83. The van der Waals surface area contributed by atoms with Crippen LogP contribution in [0.5, 0.6) is 0 Å². The fourth-order valence-corrected chi connectivity index (χ4v) is 5.53. The number of rotatable bonds is 4. The van der Waals surface area contributed by atoms with Crippen LogP contribution in [0, 0.1) is 0 Å². The van der Waals surface area contributed by atoms with Crippen LogP contribution in [0.1, 0.15) is 27.7 Å². The highest BCUT2D eigenvalue weighted by molar-refractivity contribution is 6.30. The molecule has 4 unspecified atom stereocenters. The van der Waals surface area contributed by atoms with Crippen LogP contribution in [0.25, 0.3) is 0 Å². The van der Waals surface area contributed by atoms with E-state index in [1.54, 1.807) is 9.80 Å². The minimum atomic E-state index is 0.00955. The lowest BCUT2D eigenvalue weighted by Gasteiger charge is -2.40. The summed E-state index contributed by atoms with van der Waals surface area (Å²) < 4.78 is 11.1. The summed E-state index contributed by atoms with van der Waals surface area (Å²) >= 11 is 13.1. The summed E-state index contributed by atoms with van der Waals surface area (Å²) in [5.74, 6) is 0.0191. The third-order valence-corrected chi connectivity index (χ3v) is 7.47. The maximum atomic E-state index is 13.0. The summed E-state index contributed by atoms with van der Waals surface area (Å²) in [6.07, 6.45) is 11.1. The van der Waals surface area contributed by atoms with Gasteiger partial charge in [-0.3, -0.25) is 9.59 Å². The summed E-state index contributed by atoms with van der Waals surface area (Å²) in [4.78, 5) is 33.1. The van der Waals surface area contributed by atoms with Crippen molar-refractivity contribution < 1.29 is 19.1 Å². The smallest absolute Gasteiger partial charge is 0.243 e. The lowest BCUT2D eigenvalue weighted by Crippen LogP contribution is -2.54. The predicted octanol–water partition coefficient (Wildman–Crippen LogP) is 3.37. The minimum absolute atomic E-state index is 0.00955. The molecule has 0 N–H and O–H groups in total. The molecular formula is C26H34Cl2N4O4. The Kier molecular flexibility index (Phi) is 8.50. The van der Waals surface area contributed by atoms with Gasteiger partial charge in [-0.05, 0) is 63.1 Å². The summed E-state index contributed by atoms with van der Waals surface area (Å²) in [6.45, 7) is 10.4. The van der Waals surface area contributed by atoms with Crippen LogP contribution in [-0.4, -0.2) is 95.1 Å². The number of carbonyl (C=O) groups excluding carboxylic acids is 2. The van der Waals surface area contributed by atoms with Gasteiger partial charge in [-0.2, -0.15) is 0 Å². The molecule has 10 heteroatoms. The van der Waals surface area contributed by atoms with E-state index < -0.39 is 0 Å². The van der Waals surface area contributed by atoms with E-state index >= 15 is 0 Å². The zero-order valence-corrected chi connectivity index (χ0v) is 22.7. The first-order chi connectivity index (χ1) is 17.2. The molecule has 0 aromatic carbocycles. The molecule has 8 nitrogen and oxygen atoms in total. The summed E-state index contributed by atoms with van der Waals surface area (Å²) in [7, 11) is 0. The number of halogens is 2. The fraction of sp³-hybridized carbons (Fsp3) is 0.538. The van der Waals surface area contributed by atoms with Crippen LogP contribution < -0.4 is 0 Å². The molecule has 0 spiro atoms. The topological polar surface area (TPSA) is 65.6 Å². The maximum absolute atomic E-state index is 13.0. The van der Waals surface area contributed by atoms with Gasteiger partial charge in [-0.1, -0.05) is 23.2 Å². The Hall–Kier alpha value is -2.26.